The molecule has 0 saturated carbocycles. The summed E-state index contributed by atoms with van der Waals surface area (Å²) in [4.78, 5) is 38.9. The summed E-state index contributed by atoms with van der Waals surface area (Å²) in [6, 6.07) is 7.23. The number of benzene rings is 1. The number of hydrogen-bond acceptors (Lipinski definition) is 6. The Morgan fingerprint density at radius 2 is 1.72 bits per heavy atom. The summed E-state index contributed by atoms with van der Waals surface area (Å²) in [6.07, 6.45) is 1.73. The molecule has 0 amide bonds. The first-order valence-corrected chi connectivity index (χ1v) is 7.64. The Labute approximate surface area is 144 Å². The normalized spacial score (nSPS) is 10.2. The summed E-state index contributed by atoms with van der Waals surface area (Å²) in [5.41, 5.74) is 0.200. The van der Waals surface area contributed by atoms with Crippen molar-refractivity contribution in [1.29, 1.82) is 0 Å². The zero-order valence-corrected chi connectivity index (χ0v) is 14.3. The number of nitrogens with one attached hydrogen (secondary N) is 1. The third-order valence-corrected chi connectivity index (χ3v) is 3.60. The molecule has 0 bridgehead atoms. The average Bonchev–Trinajstić information content (AvgIpc) is 2.63. The monoisotopic (exact) mass is 345 g/mol. The molecule has 0 aliphatic heterocycles. The van der Waals surface area contributed by atoms with Gasteiger partial charge in [0.15, 0.2) is 0 Å². The van der Waals surface area contributed by atoms with Crippen molar-refractivity contribution in [3.8, 4) is 5.75 Å². The second-order valence-corrected chi connectivity index (χ2v) is 5.13. The van der Waals surface area contributed by atoms with Crippen molar-refractivity contribution >= 4 is 11.9 Å². The molecule has 0 spiro atoms. The molecule has 1 N–H and O–H groups in total. The van der Waals surface area contributed by atoms with Crippen molar-refractivity contribution in [3.05, 3.63) is 63.1 Å². The van der Waals surface area contributed by atoms with Crippen LogP contribution in [0.5, 0.6) is 5.75 Å². The fourth-order valence-corrected chi connectivity index (χ4v) is 2.41. The van der Waals surface area contributed by atoms with Crippen LogP contribution in [0.3, 0.4) is 0 Å². The molecule has 2 rings (SSSR count). The van der Waals surface area contributed by atoms with Gasteiger partial charge in [0.25, 0.3) is 5.56 Å². The van der Waals surface area contributed by atoms with E-state index in [0.29, 0.717) is 17.7 Å². The second-order valence-electron chi connectivity index (χ2n) is 5.13. The lowest BCUT2D eigenvalue weighted by molar-refractivity contribution is 0.0501. The summed E-state index contributed by atoms with van der Waals surface area (Å²) in [5, 5.41) is 0. The number of pyridine rings is 1. The Hall–Kier alpha value is -3.09. The Kier molecular flexibility index (Phi) is 5.94. The standard InChI is InChI=1S/C18H19NO6/c1-4-25-18(22)14-12(9-11-5-7-13(23-2)8-6-11)10-19-16(20)15(14)17(21)24-3/h5-8,10H,4,9H2,1-3H3,(H,19,20). The van der Waals surface area contributed by atoms with Crippen LogP contribution in [0.4, 0.5) is 0 Å². The molecule has 0 atom stereocenters. The molecule has 0 aliphatic rings. The van der Waals surface area contributed by atoms with Gasteiger partial charge in [-0.25, -0.2) is 9.59 Å². The molecule has 0 aliphatic carbocycles. The van der Waals surface area contributed by atoms with Gasteiger partial charge in [-0.15, -0.1) is 0 Å². The quantitative estimate of drug-likeness (QED) is 0.804. The van der Waals surface area contributed by atoms with E-state index in [0.717, 1.165) is 12.7 Å². The fourth-order valence-electron chi connectivity index (χ4n) is 2.41. The highest BCUT2D eigenvalue weighted by atomic mass is 16.5. The van der Waals surface area contributed by atoms with Gasteiger partial charge >= 0.3 is 11.9 Å². The zero-order valence-electron chi connectivity index (χ0n) is 14.3. The van der Waals surface area contributed by atoms with Crippen LogP contribution in [0.15, 0.2) is 35.3 Å². The fraction of sp³-hybridized carbons (Fsp3) is 0.278. The number of aromatic nitrogens is 1. The number of carbonyl (C=O) groups excluding carboxylic acids is 2. The third kappa shape index (κ3) is 4.06. The largest absolute Gasteiger partial charge is 0.497 e. The molecular formula is C18H19NO6. The number of hydrogen-bond donors (Lipinski definition) is 1. The topological polar surface area (TPSA) is 94.7 Å². The molecule has 25 heavy (non-hydrogen) atoms. The first kappa shape index (κ1) is 18.3. The molecule has 1 aromatic carbocycles. The highest BCUT2D eigenvalue weighted by Gasteiger charge is 2.26. The second kappa shape index (κ2) is 8.14. The number of aromatic amines is 1. The van der Waals surface area contributed by atoms with Crippen LogP contribution < -0.4 is 10.3 Å². The molecule has 0 unspecified atom stereocenters. The van der Waals surface area contributed by atoms with Crippen molar-refractivity contribution in [2.24, 2.45) is 0 Å². The third-order valence-electron chi connectivity index (χ3n) is 3.60. The van der Waals surface area contributed by atoms with Crippen molar-refractivity contribution in [2.45, 2.75) is 13.3 Å². The van der Waals surface area contributed by atoms with E-state index in [9.17, 15) is 14.4 Å². The minimum atomic E-state index is -0.888. The first-order chi connectivity index (χ1) is 12.0. The lowest BCUT2D eigenvalue weighted by Crippen LogP contribution is -2.26. The SMILES string of the molecule is CCOC(=O)c1c(Cc2ccc(OC)cc2)c[nH]c(=O)c1C(=O)OC. The molecule has 132 valence electrons. The van der Waals surface area contributed by atoms with Crippen LogP contribution in [0.2, 0.25) is 0 Å². The van der Waals surface area contributed by atoms with E-state index < -0.39 is 17.5 Å². The van der Waals surface area contributed by atoms with Crippen molar-refractivity contribution < 1.29 is 23.8 Å². The summed E-state index contributed by atoms with van der Waals surface area (Å²) < 4.78 is 14.8. The van der Waals surface area contributed by atoms with Crippen molar-refractivity contribution in [2.75, 3.05) is 20.8 Å². The van der Waals surface area contributed by atoms with E-state index in [2.05, 4.69) is 9.72 Å². The Bertz CT molecular complexity index is 822. The van der Waals surface area contributed by atoms with Crippen LogP contribution in [-0.2, 0) is 15.9 Å². The minimum absolute atomic E-state index is 0.0757. The molecule has 7 heteroatoms. The molecule has 0 saturated heterocycles. The number of rotatable bonds is 6. The average molecular weight is 345 g/mol. The van der Waals surface area contributed by atoms with Gasteiger partial charge in [0.05, 0.1) is 26.4 Å². The summed E-state index contributed by atoms with van der Waals surface area (Å²) in [7, 11) is 2.71. The summed E-state index contributed by atoms with van der Waals surface area (Å²) in [5.74, 6) is -0.926. The van der Waals surface area contributed by atoms with E-state index >= 15 is 0 Å². The summed E-state index contributed by atoms with van der Waals surface area (Å²) >= 11 is 0. The maximum absolute atomic E-state index is 12.3. The number of esters is 2. The van der Waals surface area contributed by atoms with Gasteiger partial charge in [0.2, 0.25) is 0 Å². The van der Waals surface area contributed by atoms with Crippen LogP contribution in [0.25, 0.3) is 0 Å². The van der Waals surface area contributed by atoms with Crippen LogP contribution in [0.1, 0.15) is 38.8 Å². The molecule has 1 heterocycles. The van der Waals surface area contributed by atoms with Gasteiger partial charge in [0, 0.05) is 6.20 Å². The smallest absolute Gasteiger partial charge is 0.344 e. The molecule has 2 aromatic rings. The van der Waals surface area contributed by atoms with Gasteiger partial charge in [-0.3, -0.25) is 4.79 Å². The Balaban J connectivity index is 2.53. The van der Waals surface area contributed by atoms with E-state index in [1.165, 1.54) is 6.20 Å². The van der Waals surface area contributed by atoms with E-state index in [-0.39, 0.29) is 17.7 Å². The van der Waals surface area contributed by atoms with E-state index in [4.69, 9.17) is 9.47 Å². The summed E-state index contributed by atoms with van der Waals surface area (Å²) in [6.45, 7) is 1.76. The molecule has 0 fully saturated rings. The van der Waals surface area contributed by atoms with E-state index in [1.54, 1.807) is 26.2 Å². The van der Waals surface area contributed by atoms with E-state index in [1.807, 2.05) is 12.1 Å². The zero-order chi connectivity index (χ0) is 18.4. The Morgan fingerprint density at radius 3 is 2.28 bits per heavy atom. The first-order valence-electron chi connectivity index (χ1n) is 7.64. The van der Waals surface area contributed by atoms with Crippen LogP contribution in [0, 0.1) is 0 Å². The number of ether oxygens (including phenoxy) is 3. The lowest BCUT2D eigenvalue weighted by Gasteiger charge is -2.12. The lowest BCUT2D eigenvalue weighted by atomic mass is 9.98. The van der Waals surface area contributed by atoms with Gasteiger partial charge in [-0.05, 0) is 36.6 Å². The molecular weight excluding hydrogens is 326 g/mol. The van der Waals surface area contributed by atoms with Gasteiger partial charge in [-0.1, -0.05) is 12.1 Å². The van der Waals surface area contributed by atoms with Crippen molar-refractivity contribution in [3.63, 3.8) is 0 Å². The van der Waals surface area contributed by atoms with Crippen molar-refractivity contribution in [1.82, 2.24) is 4.98 Å². The highest BCUT2D eigenvalue weighted by Crippen LogP contribution is 2.19. The maximum atomic E-state index is 12.3. The number of methoxy groups -OCH3 is 2. The minimum Gasteiger partial charge on any atom is -0.497 e. The van der Waals surface area contributed by atoms with Crippen LogP contribution >= 0.6 is 0 Å². The molecule has 1 aromatic heterocycles. The van der Waals surface area contributed by atoms with Gasteiger partial charge in [-0.2, -0.15) is 0 Å². The molecule has 0 radical (unpaired) electrons. The number of H-pyrrole nitrogens is 1. The predicted octanol–water partition coefficient (Wildman–Crippen LogP) is 1.94. The van der Waals surface area contributed by atoms with Gasteiger partial charge < -0.3 is 19.2 Å². The van der Waals surface area contributed by atoms with Gasteiger partial charge in [0.1, 0.15) is 11.3 Å². The predicted molar refractivity (Wildman–Crippen MR) is 90.2 cm³/mol. The highest BCUT2D eigenvalue weighted by molar-refractivity contribution is 6.03. The number of carbonyl (C=O) groups is 2. The molecule has 7 nitrogen and oxygen atoms in total. The maximum Gasteiger partial charge on any atom is 0.344 e. The Morgan fingerprint density at radius 1 is 1.04 bits per heavy atom. The van der Waals surface area contributed by atoms with Crippen LogP contribution in [-0.4, -0.2) is 37.7 Å².